The Bertz CT molecular complexity index is 150. The van der Waals surface area contributed by atoms with E-state index < -0.39 is 0 Å². The molecular formula is C7H9IO. The molecule has 2 heteroatoms. The molecule has 1 aromatic carbocycles. The average molecular weight is 236 g/mol. The molecular weight excluding hydrogens is 227 g/mol. The van der Waals surface area contributed by atoms with Gasteiger partial charge in [0, 0.05) is 0 Å². The number of aliphatic hydroxyl groups excluding tert-OH is 1. The van der Waals surface area contributed by atoms with Crippen molar-refractivity contribution in [2.24, 2.45) is 0 Å². The van der Waals surface area contributed by atoms with E-state index in [0.717, 1.165) is 5.56 Å². The summed E-state index contributed by atoms with van der Waals surface area (Å²) in [5.74, 6) is 0. The first-order chi connectivity index (χ1) is 3.93. The molecule has 0 aliphatic heterocycles. The molecule has 0 bridgehead atoms. The van der Waals surface area contributed by atoms with Crippen molar-refractivity contribution in [3.8, 4) is 0 Å². The van der Waals surface area contributed by atoms with Crippen LogP contribution in [0.5, 0.6) is 0 Å². The number of benzene rings is 1. The second kappa shape index (κ2) is 4.76. The minimum absolute atomic E-state index is 0. The van der Waals surface area contributed by atoms with Gasteiger partial charge in [0.2, 0.25) is 0 Å². The van der Waals surface area contributed by atoms with Gasteiger partial charge < -0.3 is 5.11 Å². The lowest BCUT2D eigenvalue weighted by molar-refractivity contribution is 0.282. The quantitative estimate of drug-likeness (QED) is 0.737. The first-order valence-corrected chi connectivity index (χ1v) is 2.58. The van der Waals surface area contributed by atoms with Crippen LogP contribution in [-0.4, -0.2) is 5.11 Å². The number of hydrogen-bond acceptors (Lipinski definition) is 1. The van der Waals surface area contributed by atoms with Gasteiger partial charge in [-0.1, -0.05) is 30.3 Å². The van der Waals surface area contributed by atoms with Gasteiger partial charge in [-0.25, -0.2) is 0 Å². The molecule has 0 aliphatic rings. The van der Waals surface area contributed by atoms with Crippen molar-refractivity contribution in [1.29, 1.82) is 0 Å². The van der Waals surface area contributed by atoms with E-state index in [1.807, 2.05) is 30.3 Å². The molecule has 0 spiro atoms. The third-order valence-electron chi connectivity index (χ3n) is 1.03. The molecule has 0 amide bonds. The molecule has 0 atom stereocenters. The standard InChI is InChI=1S/C7H8O.HI/c8-6-7-4-2-1-3-5-7;/h1-5,8H,6H2;1H. The largest absolute Gasteiger partial charge is 0.392 e. The maximum Gasteiger partial charge on any atom is 0.0681 e. The Labute approximate surface area is 71.7 Å². The number of aliphatic hydroxyl groups is 1. The minimum atomic E-state index is 0. The van der Waals surface area contributed by atoms with E-state index in [9.17, 15) is 0 Å². The highest BCUT2D eigenvalue weighted by Crippen LogP contribution is 1.95. The van der Waals surface area contributed by atoms with Gasteiger partial charge >= 0.3 is 0 Å². The first-order valence-electron chi connectivity index (χ1n) is 2.58. The summed E-state index contributed by atoms with van der Waals surface area (Å²) in [6.45, 7) is 0.140. The fraction of sp³-hybridized carbons (Fsp3) is 0.143. The highest BCUT2D eigenvalue weighted by Gasteiger charge is 1.81. The SMILES string of the molecule is I.OCc1ccccc1. The molecule has 0 aliphatic carbocycles. The van der Waals surface area contributed by atoms with E-state index in [1.165, 1.54) is 0 Å². The van der Waals surface area contributed by atoms with Gasteiger partial charge in [0.25, 0.3) is 0 Å². The van der Waals surface area contributed by atoms with Gasteiger partial charge in [-0.05, 0) is 5.56 Å². The van der Waals surface area contributed by atoms with Crippen LogP contribution in [0.1, 0.15) is 5.56 Å². The summed E-state index contributed by atoms with van der Waals surface area (Å²) in [6, 6.07) is 9.52. The van der Waals surface area contributed by atoms with Gasteiger partial charge in [-0.15, -0.1) is 24.0 Å². The maximum atomic E-state index is 8.54. The lowest BCUT2D eigenvalue weighted by atomic mass is 10.2. The van der Waals surface area contributed by atoms with Crippen LogP contribution in [0.25, 0.3) is 0 Å². The van der Waals surface area contributed by atoms with Gasteiger partial charge in [0.15, 0.2) is 0 Å². The van der Waals surface area contributed by atoms with E-state index >= 15 is 0 Å². The van der Waals surface area contributed by atoms with Crippen molar-refractivity contribution in [2.75, 3.05) is 0 Å². The summed E-state index contributed by atoms with van der Waals surface area (Å²) >= 11 is 0. The second-order valence-electron chi connectivity index (χ2n) is 1.64. The Morgan fingerprint density at radius 3 is 2.00 bits per heavy atom. The van der Waals surface area contributed by atoms with Crippen molar-refractivity contribution >= 4 is 24.0 Å². The Kier molecular flexibility index (Phi) is 4.71. The Morgan fingerprint density at radius 1 is 1.11 bits per heavy atom. The third kappa shape index (κ3) is 2.81. The average Bonchev–Trinajstić information content (AvgIpc) is 1.90. The zero-order valence-corrected chi connectivity index (χ0v) is 7.28. The van der Waals surface area contributed by atoms with Crippen LogP contribution in [0.15, 0.2) is 30.3 Å². The van der Waals surface area contributed by atoms with Crippen LogP contribution in [0, 0.1) is 0 Å². The number of halogens is 1. The zero-order valence-electron chi connectivity index (χ0n) is 4.95. The molecule has 1 nitrogen and oxygen atoms in total. The maximum absolute atomic E-state index is 8.54. The fourth-order valence-corrected chi connectivity index (χ4v) is 0.583. The van der Waals surface area contributed by atoms with Crippen LogP contribution in [0.2, 0.25) is 0 Å². The molecule has 50 valence electrons. The van der Waals surface area contributed by atoms with Gasteiger partial charge in [-0.3, -0.25) is 0 Å². The molecule has 1 N–H and O–H groups in total. The van der Waals surface area contributed by atoms with Crippen LogP contribution in [-0.2, 0) is 6.61 Å². The number of hydrogen-bond donors (Lipinski definition) is 1. The molecule has 0 aromatic heterocycles. The first kappa shape index (κ1) is 8.91. The molecule has 0 unspecified atom stereocenters. The van der Waals surface area contributed by atoms with Crippen molar-refractivity contribution in [1.82, 2.24) is 0 Å². The Balaban J connectivity index is 0.000000640. The molecule has 0 saturated heterocycles. The molecule has 1 rings (SSSR count). The van der Waals surface area contributed by atoms with E-state index in [2.05, 4.69) is 0 Å². The molecule has 0 heterocycles. The van der Waals surface area contributed by atoms with Crippen LogP contribution < -0.4 is 0 Å². The van der Waals surface area contributed by atoms with E-state index in [0.29, 0.717) is 0 Å². The summed E-state index contributed by atoms with van der Waals surface area (Å²) in [7, 11) is 0. The summed E-state index contributed by atoms with van der Waals surface area (Å²) in [6.07, 6.45) is 0. The van der Waals surface area contributed by atoms with Crippen molar-refractivity contribution in [3.05, 3.63) is 35.9 Å². The zero-order chi connectivity index (χ0) is 5.82. The fourth-order valence-electron chi connectivity index (χ4n) is 0.583. The Hall–Kier alpha value is -0.0900. The van der Waals surface area contributed by atoms with Crippen molar-refractivity contribution in [3.63, 3.8) is 0 Å². The topological polar surface area (TPSA) is 20.2 Å². The normalized spacial score (nSPS) is 8.11. The summed E-state index contributed by atoms with van der Waals surface area (Å²) in [5, 5.41) is 8.54. The molecule has 9 heavy (non-hydrogen) atoms. The predicted octanol–water partition coefficient (Wildman–Crippen LogP) is 1.80. The molecule has 0 fully saturated rings. The highest BCUT2D eigenvalue weighted by atomic mass is 127. The van der Waals surface area contributed by atoms with E-state index in [4.69, 9.17) is 5.11 Å². The monoisotopic (exact) mass is 236 g/mol. The highest BCUT2D eigenvalue weighted by molar-refractivity contribution is 14.0. The van der Waals surface area contributed by atoms with E-state index in [-0.39, 0.29) is 30.6 Å². The lowest BCUT2D eigenvalue weighted by Crippen LogP contribution is -1.77. The summed E-state index contributed by atoms with van der Waals surface area (Å²) in [5.41, 5.74) is 0.965. The molecule has 0 saturated carbocycles. The van der Waals surface area contributed by atoms with Crippen molar-refractivity contribution < 1.29 is 5.11 Å². The van der Waals surface area contributed by atoms with Gasteiger partial charge in [0.1, 0.15) is 0 Å². The predicted molar refractivity (Wildman–Crippen MR) is 47.8 cm³/mol. The van der Waals surface area contributed by atoms with Crippen LogP contribution >= 0.6 is 24.0 Å². The van der Waals surface area contributed by atoms with E-state index in [1.54, 1.807) is 0 Å². The third-order valence-corrected chi connectivity index (χ3v) is 1.03. The smallest absolute Gasteiger partial charge is 0.0681 e. The van der Waals surface area contributed by atoms with Crippen LogP contribution in [0.3, 0.4) is 0 Å². The summed E-state index contributed by atoms with van der Waals surface area (Å²) < 4.78 is 0. The molecule has 0 radical (unpaired) electrons. The number of rotatable bonds is 1. The van der Waals surface area contributed by atoms with Gasteiger partial charge in [0.05, 0.1) is 6.61 Å². The van der Waals surface area contributed by atoms with Crippen molar-refractivity contribution in [2.45, 2.75) is 6.61 Å². The van der Waals surface area contributed by atoms with Crippen LogP contribution in [0.4, 0.5) is 0 Å². The minimum Gasteiger partial charge on any atom is -0.392 e. The second-order valence-corrected chi connectivity index (χ2v) is 1.64. The van der Waals surface area contributed by atoms with Gasteiger partial charge in [-0.2, -0.15) is 0 Å². The molecule has 1 aromatic rings. The Morgan fingerprint density at radius 2 is 1.67 bits per heavy atom. The summed E-state index contributed by atoms with van der Waals surface area (Å²) in [4.78, 5) is 0. The lowest BCUT2D eigenvalue weighted by Gasteiger charge is -1.89.